The lowest BCUT2D eigenvalue weighted by atomic mass is 10.1. The fraction of sp³-hybridized carbons (Fsp3) is 0.455. The molecule has 1 unspecified atom stereocenters. The van der Waals surface area contributed by atoms with E-state index >= 15 is 0 Å². The van der Waals surface area contributed by atoms with E-state index in [0.29, 0.717) is 5.92 Å². The second-order valence-electron chi connectivity index (χ2n) is 3.54. The zero-order valence-electron chi connectivity index (χ0n) is 8.59. The molecular weight excluding hydrogens is 242 g/mol. The van der Waals surface area contributed by atoms with Gasteiger partial charge in [-0.3, -0.25) is 0 Å². The van der Waals surface area contributed by atoms with E-state index in [0.717, 1.165) is 28.9 Å². The molecule has 14 heavy (non-hydrogen) atoms. The highest BCUT2D eigenvalue weighted by Crippen LogP contribution is 2.23. The molecule has 2 nitrogen and oxygen atoms in total. The average molecular weight is 258 g/mol. The Labute approximate surface area is 93.6 Å². The number of ether oxygens (including phenoxy) is 1. The third-order valence-corrected chi connectivity index (χ3v) is 2.58. The molecule has 0 heterocycles. The van der Waals surface area contributed by atoms with Gasteiger partial charge in [0.15, 0.2) is 0 Å². The second-order valence-corrected chi connectivity index (χ2v) is 4.46. The first-order chi connectivity index (χ1) is 6.61. The lowest BCUT2D eigenvalue weighted by Crippen LogP contribution is -2.07. The summed E-state index contributed by atoms with van der Waals surface area (Å²) in [5.74, 6) is 1.41. The van der Waals surface area contributed by atoms with E-state index in [4.69, 9.17) is 10.5 Å². The molecule has 0 amide bonds. The summed E-state index contributed by atoms with van der Waals surface area (Å²) in [7, 11) is 0. The molecule has 0 aliphatic heterocycles. The molecule has 1 aromatic rings. The van der Waals surface area contributed by atoms with Gasteiger partial charge >= 0.3 is 0 Å². The van der Waals surface area contributed by atoms with Crippen LogP contribution in [0.2, 0.25) is 0 Å². The predicted octanol–water partition coefficient (Wildman–Crippen LogP) is 3.46. The second kappa shape index (κ2) is 5.25. The highest BCUT2D eigenvalue weighted by molar-refractivity contribution is 9.10. The first-order valence-electron chi connectivity index (χ1n) is 4.80. The van der Waals surface area contributed by atoms with Crippen LogP contribution >= 0.6 is 15.9 Å². The number of hydrogen-bond donors (Lipinski definition) is 1. The zero-order valence-corrected chi connectivity index (χ0v) is 10.2. The van der Waals surface area contributed by atoms with Gasteiger partial charge in [0, 0.05) is 16.2 Å². The summed E-state index contributed by atoms with van der Waals surface area (Å²) in [6.45, 7) is 5.07. The number of rotatable bonds is 4. The monoisotopic (exact) mass is 257 g/mol. The molecule has 0 bridgehead atoms. The van der Waals surface area contributed by atoms with E-state index < -0.39 is 0 Å². The van der Waals surface area contributed by atoms with Crippen molar-refractivity contribution in [3.63, 3.8) is 0 Å². The van der Waals surface area contributed by atoms with Gasteiger partial charge in [0.2, 0.25) is 0 Å². The van der Waals surface area contributed by atoms with Crippen molar-refractivity contribution in [3.8, 4) is 5.75 Å². The third-order valence-electron chi connectivity index (χ3n) is 2.13. The Morgan fingerprint density at radius 1 is 1.43 bits per heavy atom. The van der Waals surface area contributed by atoms with E-state index in [9.17, 15) is 0 Å². The summed E-state index contributed by atoms with van der Waals surface area (Å²) in [4.78, 5) is 0. The maximum Gasteiger partial charge on any atom is 0.122 e. The Balaban J connectivity index is 2.58. The summed E-state index contributed by atoms with van der Waals surface area (Å²) in [5.41, 5.74) is 6.41. The van der Waals surface area contributed by atoms with Crippen molar-refractivity contribution in [3.05, 3.63) is 22.7 Å². The molecule has 1 atom stereocenters. The van der Waals surface area contributed by atoms with Crippen LogP contribution < -0.4 is 10.5 Å². The molecular formula is C11H16BrNO. The van der Waals surface area contributed by atoms with E-state index in [2.05, 4.69) is 29.8 Å². The van der Waals surface area contributed by atoms with E-state index in [-0.39, 0.29) is 0 Å². The van der Waals surface area contributed by atoms with Crippen LogP contribution in [0, 0.1) is 5.92 Å². The normalized spacial score (nSPS) is 12.5. The minimum Gasteiger partial charge on any atom is -0.493 e. The van der Waals surface area contributed by atoms with Gasteiger partial charge in [-0.2, -0.15) is 0 Å². The van der Waals surface area contributed by atoms with Gasteiger partial charge in [-0.1, -0.05) is 36.2 Å². The molecule has 0 fully saturated rings. The fourth-order valence-corrected chi connectivity index (χ4v) is 1.51. The van der Waals surface area contributed by atoms with Crippen LogP contribution in [0.3, 0.4) is 0 Å². The maximum atomic E-state index is 5.69. The summed E-state index contributed by atoms with van der Waals surface area (Å²) >= 11 is 3.38. The van der Waals surface area contributed by atoms with Crippen LogP contribution in [-0.4, -0.2) is 6.61 Å². The quantitative estimate of drug-likeness (QED) is 0.839. The molecule has 0 aromatic heterocycles. The largest absolute Gasteiger partial charge is 0.493 e. The highest BCUT2D eigenvalue weighted by atomic mass is 79.9. The molecule has 2 N–H and O–H groups in total. The van der Waals surface area contributed by atoms with Crippen molar-refractivity contribution >= 4 is 21.6 Å². The first kappa shape index (κ1) is 11.4. The van der Waals surface area contributed by atoms with Crippen molar-refractivity contribution in [2.45, 2.75) is 20.3 Å². The highest BCUT2D eigenvalue weighted by Gasteiger charge is 2.01. The van der Waals surface area contributed by atoms with Gasteiger partial charge < -0.3 is 10.5 Å². The molecule has 0 spiro atoms. The number of nitrogens with two attached hydrogens (primary N) is 1. The van der Waals surface area contributed by atoms with E-state index in [1.807, 2.05) is 18.2 Å². The summed E-state index contributed by atoms with van der Waals surface area (Å²) in [5, 5.41) is 0. The smallest absolute Gasteiger partial charge is 0.122 e. The fourth-order valence-electron chi connectivity index (χ4n) is 1.02. The summed E-state index contributed by atoms with van der Waals surface area (Å²) < 4.78 is 6.57. The molecule has 0 saturated heterocycles. The Kier molecular flexibility index (Phi) is 4.26. The number of hydrogen-bond acceptors (Lipinski definition) is 2. The van der Waals surface area contributed by atoms with E-state index in [1.54, 1.807) is 0 Å². The van der Waals surface area contributed by atoms with Crippen LogP contribution in [0.1, 0.15) is 20.3 Å². The van der Waals surface area contributed by atoms with Crippen molar-refractivity contribution in [1.29, 1.82) is 0 Å². The van der Waals surface area contributed by atoms with Crippen molar-refractivity contribution in [2.75, 3.05) is 12.3 Å². The zero-order chi connectivity index (χ0) is 10.6. The molecule has 1 rings (SSSR count). The number of nitrogen functional groups attached to an aromatic ring is 1. The lowest BCUT2D eigenvalue weighted by Gasteiger charge is -2.11. The van der Waals surface area contributed by atoms with Crippen molar-refractivity contribution in [2.24, 2.45) is 5.92 Å². The molecule has 1 aromatic carbocycles. The third kappa shape index (κ3) is 3.58. The predicted molar refractivity (Wildman–Crippen MR) is 63.5 cm³/mol. The number of anilines is 1. The Morgan fingerprint density at radius 3 is 2.71 bits per heavy atom. The van der Waals surface area contributed by atoms with Crippen LogP contribution in [0.25, 0.3) is 0 Å². The Bertz CT molecular complexity index is 281. The van der Waals surface area contributed by atoms with Crippen LogP contribution in [0.4, 0.5) is 5.69 Å². The van der Waals surface area contributed by atoms with Gasteiger partial charge in [0.05, 0.1) is 6.61 Å². The SMILES string of the molecule is CCC(C)COc1cc(N)cc(Br)c1. The van der Waals surface area contributed by atoms with Gasteiger partial charge in [-0.05, 0) is 18.1 Å². The number of halogens is 1. The average Bonchev–Trinajstić information content (AvgIpc) is 2.12. The Morgan fingerprint density at radius 2 is 2.14 bits per heavy atom. The molecule has 78 valence electrons. The lowest BCUT2D eigenvalue weighted by molar-refractivity contribution is 0.256. The van der Waals surface area contributed by atoms with Crippen LogP contribution in [0.15, 0.2) is 22.7 Å². The van der Waals surface area contributed by atoms with Crippen LogP contribution in [-0.2, 0) is 0 Å². The summed E-state index contributed by atoms with van der Waals surface area (Å²) in [6, 6.07) is 5.63. The number of benzene rings is 1. The first-order valence-corrected chi connectivity index (χ1v) is 5.60. The topological polar surface area (TPSA) is 35.2 Å². The van der Waals surface area contributed by atoms with Crippen molar-refractivity contribution < 1.29 is 4.74 Å². The molecule has 0 aliphatic carbocycles. The maximum absolute atomic E-state index is 5.69. The van der Waals surface area contributed by atoms with Gasteiger partial charge in [0.25, 0.3) is 0 Å². The Hall–Kier alpha value is -0.700. The van der Waals surface area contributed by atoms with Gasteiger partial charge in [-0.15, -0.1) is 0 Å². The molecule has 3 heteroatoms. The molecule has 0 radical (unpaired) electrons. The minimum atomic E-state index is 0.579. The van der Waals surface area contributed by atoms with E-state index in [1.165, 1.54) is 0 Å². The van der Waals surface area contributed by atoms with Crippen LogP contribution in [0.5, 0.6) is 5.75 Å². The minimum absolute atomic E-state index is 0.579. The molecule has 0 aliphatic rings. The molecule has 0 saturated carbocycles. The van der Waals surface area contributed by atoms with Gasteiger partial charge in [0.1, 0.15) is 5.75 Å². The van der Waals surface area contributed by atoms with Crippen molar-refractivity contribution in [1.82, 2.24) is 0 Å². The summed E-state index contributed by atoms with van der Waals surface area (Å²) in [6.07, 6.45) is 1.13. The van der Waals surface area contributed by atoms with Gasteiger partial charge in [-0.25, -0.2) is 0 Å². The standard InChI is InChI=1S/C11H16BrNO/c1-3-8(2)7-14-11-5-9(12)4-10(13)6-11/h4-6,8H,3,7,13H2,1-2H3.